The van der Waals surface area contributed by atoms with Gasteiger partial charge in [-0.15, -0.1) is 0 Å². The monoisotopic (exact) mass is 758 g/mol. The van der Waals surface area contributed by atoms with Gasteiger partial charge in [0, 0.05) is 19.1 Å². The fraction of sp³-hybridized carbons (Fsp3) is 0.860. The molecule has 0 aliphatic carbocycles. The van der Waals surface area contributed by atoms with Crippen molar-refractivity contribution in [2.24, 2.45) is 0 Å². The number of quaternary nitrogens is 1. The van der Waals surface area contributed by atoms with Gasteiger partial charge in [0.25, 0.3) is 0 Å². The molecule has 1 unspecified atom stereocenters. The Morgan fingerprint density at radius 2 is 0.865 bits per heavy atom. The van der Waals surface area contributed by atoms with Gasteiger partial charge in [-0.3, -0.25) is 9.59 Å². The maximum atomic E-state index is 12.6. The molecule has 0 saturated heterocycles. The van der Waals surface area contributed by atoms with Crippen molar-refractivity contribution in [2.75, 3.05) is 40.6 Å². The van der Waals surface area contributed by atoms with Crippen molar-refractivity contribution in [1.82, 2.24) is 0 Å². The van der Waals surface area contributed by atoms with E-state index >= 15 is 0 Å². The fourth-order valence-electron chi connectivity index (χ4n) is 5.92. The quantitative estimate of drug-likeness (QED) is 0.0208. The third-order valence-corrected chi connectivity index (χ3v) is 8.77. The summed E-state index contributed by atoms with van der Waals surface area (Å²) in [6, 6.07) is 0. The summed E-state index contributed by atoms with van der Waals surface area (Å²) in [5, 5.41) is 0. The van der Waals surface area contributed by atoms with Gasteiger partial charge >= 0.3 is 11.9 Å². The summed E-state index contributed by atoms with van der Waals surface area (Å²) in [6.07, 6.45) is 42.7. The fourth-order valence-corrected chi connectivity index (χ4v) is 5.92. The molecule has 0 saturated carbocycles. The van der Waals surface area contributed by atoms with E-state index in [1.54, 1.807) is 0 Å². The molecule has 0 aliphatic rings. The van der Waals surface area contributed by atoms with Gasteiger partial charge in [-0.25, -0.2) is 8.42 Å². The summed E-state index contributed by atoms with van der Waals surface area (Å²) in [5.41, 5.74) is 0. The number of likely N-dealkylation sites (N-methyl/N-ethyl adjacent to an activating group) is 1. The van der Waals surface area contributed by atoms with Crippen molar-refractivity contribution >= 4 is 22.1 Å². The van der Waals surface area contributed by atoms with Gasteiger partial charge < -0.3 is 18.5 Å². The second-order valence-corrected chi connectivity index (χ2v) is 17.0. The molecule has 0 spiro atoms. The topological polar surface area (TPSA) is 110 Å². The van der Waals surface area contributed by atoms with Crippen molar-refractivity contribution in [3.63, 3.8) is 0 Å². The predicted octanol–water partition coefficient (Wildman–Crippen LogP) is 11.4. The first-order valence-electron chi connectivity index (χ1n) is 21.1. The van der Waals surface area contributed by atoms with Crippen LogP contribution in [0, 0.1) is 0 Å². The van der Waals surface area contributed by atoms with Crippen molar-refractivity contribution in [3.8, 4) is 0 Å². The van der Waals surface area contributed by atoms with Crippen LogP contribution >= 0.6 is 0 Å². The second kappa shape index (κ2) is 37.6. The van der Waals surface area contributed by atoms with Gasteiger partial charge in [0.1, 0.15) is 13.2 Å². The zero-order valence-electron chi connectivity index (χ0n) is 34.8. The van der Waals surface area contributed by atoms with Crippen LogP contribution in [-0.4, -0.2) is 76.0 Å². The van der Waals surface area contributed by atoms with E-state index < -0.39 is 16.2 Å². The molecule has 0 radical (unpaired) electrons. The number of hydrogen-bond donors (Lipinski definition) is 0. The first-order valence-corrected chi connectivity index (χ1v) is 23.0. The highest BCUT2D eigenvalue weighted by molar-refractivity contribution is 7.84. The Kier molecular flexibility index (Phi) is 37.9. The summed E-state index contributed by atoms with van der Waals surface area (Å²) in [4.78, 5) is 24.9. The predicted molar refractivity (Wildman–Crippen MR) is 218 cm³/mol. The molecular weight excluding hydrogens is 675 g/mol. The third-order valence-electron chi connectivity index (χ3n) is 8.77. The van der Waals surface area contributed by atoms with Crippen LogP contribution in [0.5, 0.6) is 0 Å². The Morgan fingerprint density at radius 3 is 1.21 bits per heavy atom. The molecular formula is C43H83NO7S. The lowest BCUT2D eigenvalue weighted by Crippen LogP contribution is -2.45. The van der Waals surface area contributed by atoms with Crippen LogP contribution in [-0.2, 0) is 29.2 Å². The zero-order valence-corrected chi connectivity index (χ0v) is 35.6. The van der Waals surface area contributed by atoms with Gasteiger partial charge in [0.15, 0.2) is 6.10 Å². The maximum absolute atomic E-state index is 12.6. The summed E-state index contributed by atoms with van der Waals surface area (Å²) in [5.74, 6) is -0.350. The first-order chi connectivity index (χ1) is 24.8. The SMILES string of the molecule is CCCCCCCC/C=C/CCCCCCCC(=O)OCC(C[N+](C)(C)C)OC(=O)CCCCCCC/C=C/CCCCCCCC.CS(=O)(=O)[O-]. The highest BCUT2D eigenvalue weighted by Gasteiger charge is 2.23. The Bertz CT molecular complexity index is 964. The van der Waals surface area contributed by atoms with E-state index in [9.17, 15) is 9.59 Å². The van der Waals surface area contributed by atoms with Gasteiger partial charge in [0.2, 0.25) is 0 Å². The van der Waals surface area contributed by atoms with E-state index in [1.807, 2.05) is 0 Å². The summed E-state index contributed by atoms with van der Waals surface area (Å²) >= 11 is 0. The second-order valence-electron chi connectivity index (χ2n) is 15.6. The van der Waals surface area contributed by atoms with E-state index in [0.717, 1.165) is 38.5 Å². The van der Waals surface area contributed by atoms with Crippen LogP contribution in [0.25, 0.3) is 0 Å². The minimum absolute atomic E-state index is 0.150. The number of ether oxygens (including phenoxy) is 2. The lowest BCUT2D eigenvalue weighted by molar-refractivity contribution is -0.873. The van der Waals surface area contributed by atoms with Crippen molar-refractivity contribution in [2.45, 2.75) is 200 Å². The van der Waals surface area contributed by atoms with Crippen LogP contribution in [0.1, 0.15) is 194 Å². The summed E-state index contributed by atoms with van der Waals surface area (Å²) in [6.45, 7) is 5.31. The Hall–Kier alpha value is -1.71. The minimum atomic E-state index is -3.92. The number of hydrogen-bond acceptors (Lipinski definition) is 7. The summed E-state index contributed by atoms with van der Waals surface area (Å²) < 4.78 is 39.2. The first kappa shape index (κ1) is 52.4. The number of unbranched alkanes of at least 4 members (excludes halogenated alkanes) is 22. The molecule has 0 aliphatic heterocycles. The lowest BCUT2D eigenvalue weighted by atomic mass is 10.1. The molecule has 8 nitrogen and oxygen atoms in total. The normalized spacial score (nSPS) is 12.6. The largest absolute Gasteiger partial charge is 0.748 e. The molecule has 1 atom stereocenters. The van der Waals surface area contributed by atoms with Gasteiger partial charge in [0.05, 0.1) is 31.3 Å². The molecule has 9 heteroatoms. The maximum Gasteiger partial charge on any atom is 0.306 e. The van der Waals surface area contributed by atoms with Crippen LogP contribution in [0.4, 0.5) is 0 Å². The van der Waals surface area contributed by atoms with Crippen LogP contribution < -0.4 is 0 Å². The van der Waals surface area contributed by atoms with Crippen molar-refractivity contribution in [3.05, 3.63) is 24.3 Å². The van der Waals surface area contributed by atoms with E-state index in [4.69, 9.17) is 22.4 Å². The molecule has 0 heterocycles. The molecule has 0 aromatic carbocycles. The average Bonchev–Trinajstić information content (AvgIpc) is 3.05. The van der Waals surface area contributed by atoms with Crippen LogP contribution in [0.2, 0.25) is 0 Å². The van der Waals surface area contributed by atoms with Gasteiger partial charge in [-0.2, -0.15) is 0 Å². The Morgan fingerprint density at radius 1 is 0.558 bits per heavy atom. The number of nitrogens with zero attached hydrogens (tertiary/aromatic N) is 1. The van der Waals surface area contributed by atoms with E-state index in [-0.39, 0.29) is 18.5 Å². The molecule has 308 valence electrons. The van der Waals surface area contributed by atoms with Crippen LogP contribution in [0.15, 0.2) is 24.3 Å². The molecule has 0 aromatic heterocycles. The Balaban J connectivity index is 0. The highest BCUT2D eigenvalue weighted by atomic mass is 32.2. The Labute approximate surface area is 322 Å². The highest BCUT2D eigenvalue weighted by Crippen LogP contribution is 2.13. The number of esters is 2. The lowest BCUT2D eigenvalue weighted by Gasteiger charge is -2.28. The number of carbonyl (C=O) groups is 2. The van der Waals surface area contributed by atoms with Crippen molar-refractivity contribution in [1.29, 1.82) is 0 Å². The number of carbonyl (C=O) groups excluding carboxylic acids is 2. The number of rotatable bonds is 35. The third kappa shape index (κ3) is 50.4. The molecule has 0 fully saturated rings. The molecule has 0 rings (SSSR count). The van der Waals surface area contributed by atoms with Gasteiger partial charge in [-0.05, 0) is 64.2 Å². The minimum Gasteiger partial charge on any atom is -0.748 e. The number of allylic oxidation sites excluding steroid dienone is 4. The molecule has 52 heavy (non-hydrogen) atoms. The van der Waals surface area contributed by atoms with E-state index in [1.165, 1.54) is 128 Å². The zero-order chi connectivity index (χ0) is 39.2. The molecule has 0 aromatic rings. The molecule has 0 amide bonds. The van der Waals surface area contributed by atoms with Crippen molar-refractivity contribution < 1.29 is 36.5 Å². The van der Waals surface area contributed by atoms with E-state index in [2.05, 4.69) is 59.3 Å². The van der Waals surface area contributed by atoms with Crippen LogP contribution in [0.3, 0.4) is 0 Å². The average molecular weight is 758 g/mol. The van der Waals surface area contributed by atoms with Gasteiger partial charge in [-0.1, -0.05) is 141 Å². The summed E-state index contributed by atoms with van der Waals surface area (Å²) in [7, 11) is 2.29. The standard InChI is InChI=1S/C42H80NO4.CH4O3S/c1-6-8-10-12-14-16-18-20-22-24-26-28-30-32-34-36-41(44)46-39-40(38-43(3,4)5)47-42(45)37-35-33-31-29-27-25-23-21-19-17-15-13-11-9-7-2;1-5(2,3)4/h20-23,40H,6-19,24-39H2,1-5H3;1H3,(H,2,3,4)/q+1;/p-1/b22-20+,23-21+;. The van der Waals surface area contributed by atoms with E-state index in [0.29, 0.717) is 30.1 Å². The smallest absolute Gasteiger partial charge is 0.306 e. The molecule has 0 bridgehead atoms. The molecule has 0 N–H and O–H groups in total.